The molecule has 0 aliphatic rings. The third kappa shape index (κ3) is 4.28. The maximum Gasteiger partial charge on any atom is 0.333 e. The van der Waals surface area contributed by atoms with Crippen LogP contribution in [0.4, 0.5) is 0 Å². The summed E-state index contributed by atoms with van der Waals surface area (Å²) in [4.78, 5) is 10.9. The summed E-state index contributed by atoms with van der Waals surface area (Å²) in [6.45, 7) is 5.67. The van der Waals surface area contributed by atoms with Crippen LogP contribution in [0, 0.1) is 0 Å². The number of rotatable bonds is 4. The minimum Gasteiger partial charge on any atom is -0.466 e. The number of hydrogen-bond acceptors (Lipinski definition) is 3. The van der Waals surface area contributed by atoms with Crippen molar-refractivity contribution in [3.63, 3.8) is 0 Å². The summed E-state index contributed by atoms with van der Waals surface area (Å²) < 4.78 is 4.52. The second kappa shape index (κ2) is 6.20. The lowest BCUT2D eigenvalue weighted by atomic mass is 10.2. The van der Waals surface area contributed by atoms with E-state index in [9.17, 15) is 4.79 Å². The third-order valence-electron chi connectivity index (χ3n) is 1.55. The lowest BCUT2D eigenvalue weighted by molar-refractivity contribution is -0.136. The average molecular weight is 181 g/mol. The van der Waals surface area contributed by atoms with Crippen LogP contribution in [-0.4, -0.2) is 19.6 Å². The van der Waals surface area contributed by atoms with Crippen molar-refractivity contribution in [1.29, 1.82) is 0 Å². The van der Waals surface area contributed by atoms with Gasteiger partial charge in [0.15, 0.2) is 0 Å². The summed E-state index contributed by atoms with van der Waals surface area (Å²) in [6.07, 6.45) is 5.07. The molecule has 2 N–H and O–H groups in total. The van der Waals surface area contributed by atoms with Crippen molar-refractivity contribution in [3.05, 3.63) is 36.0 Å². The molecule has 13 heavy (non-hydrogen) atoms. The second-order valence-corrected chi connectivity index (χ2v) is 2.49. The molecule has 0 aliphatic heterocycles. The Morgan fingerprint density at radius 3 is 2.54 bits per heavy atom. The molecule has 3 heteroatoms. The van der Waals surface area contributed by atoms with E-state index in [1.54, 1.807) is 25.2 Å². The van der Waals surface area contributed by atoms with Gasteiger partial charge >= 0.3 is 5.97 Å². The fourth-order valence-electron chi connectivity index (χ4n) is 0.680. The van der Waals surface area contributed by atoms with Crippen LogP contribution >= 0.6 is 0 Å². The molecule has 0 aromatic heterocycles. The van der Waals surface area contributed by atoms with E-state index in [2.05, 4.69) is 11.3 Å². The first-order valence-electron chi connectivity index (χ1n) is 3.94. The number of hydrogen-bond donors (Lipinski definition) is 1. The van der Waals surface area contributed by atoms with Gasteiger partial charge in [0.05, 0.1) is 7.11 Å². The number of ether oxygens (including phenoxy) is 1. The lowest BCUT2D eigenvalue weighted by Crippen LogP contribution is -2.02. The average Bonchev–Trinajstić information content (AvgIpc) is 2.17. The highest BCUT2D eigenvalue weighted by atomic mass is 16.5. The predicted octanol–water partition coefficient (Wildman–Crippen LogP) is 1.18. The molecule has 3 nitrogen and oxygen atoms in total. The smallest absolute Gasteiger partial charge is 0.333 e. The summed E-state index contributed by atoms with van der Waals surface area (Å²) in [6, 6.07) is 0. The van der Waals surface area contributed by atoms with Gasteiger partial charge in [-0.2, -0.15) is 0 Å². The number of nitrogens with two attached hydrogens (primary N) is 1. The molecular formula is C10H15NO2. The van der Waals surface area contributed by atoms with E-state index in [1.165, 1.54) is 7.11 Å². The maximum atomic E-state index is 10.9. The van der Waals surface area contributed by atoms with Crippen LogP contribution in [0.25, 0.3) is 0 Å². The van der Waals surface area contributed by atoms with Crippen LogP contribution in [0.2, 0.25) is 0 Å². The Labute approximate surface area is 78.6 Å². The highest BCUT2D eigenvalue weighted by molar-refractivity contribution is 5.87. The van der Waals surface area contributed by atoms with E-state index < -0.39 is 0 Å². The SMILES string of the molecule is C=C/C(=C\C=C(/C)C(=O)OC)CN. The van der Waals surface area contributed by atoms with Gasteiger partial charge in [0, 0.05) is 12.1 Å². The Morgan fingerprint density at radius 1 is 1.54 bits per heavy atom. The number of methoxy groups -OCH3 is 1. The summed E-state index contributed by atoms with van der Waals surface area (Å²) >= 11 is 0. The Balaban J connectivity index is 4.47. The monoisotopic (exact) mass is 181 g/mol. The number of esters is 1. The maximum absolute atomic E-state index is 10.9. The topological polar surface area (TPSA) is 52.3 Å². The summed E-state index contributed by atoms with van der Waals surface area (Å²) in [7, 11) is 1.35. The normalized spacial score (nSPS) is 12.5. The van der Waals surface area contributed by atoms with Gasteiger partial charge in [-0.3, -0.25) is 0 Å². The molecule has 0 bridgehead atoms. The molecule has 0 amide bonds. The Morgan fingerprint density at radius 2 is 2.15 bits per heavy atom. The van der Waals surface area contributed by atoms with Crippen molar-refractivity contribution in [1.82, 2.24) is 0 Å². The fraction of sp³-hybridized carbons (Fsp3) is 0.300. The Kier molecular flexibility index (Phi) is 5.55. The van der Waals surface area contributed by atoms with Crippen LogP contribution in [0.3, 0.4) is 0 Å². The van der Waals surface area contributed by atoms with E-state index in [4.69, 9.17) is 5.73 Å². The van der Waals surface area contributed by atoms with Gasteiger partial charge in [-0.15, -0.1) is 0 Å². The van der Waals surface area contributed by atoms with Gasteiger partial charge in [-0.1, -0.05) is 24.8 Å². The molecule has 0 rings (SSSR count). The molecule has 0 atom stereocenters. The molecule has 72 valence electrons. The van der Waals surface area contributed by atoms with E-state index in [-0.39, 0.29) is 5.97 Å². The van der Waals surface area contributed by atoms with Gasteiger partial charge in [0.1, 0.15) is 0 Å². The van der Waals surface area contributed by atoms with E-state index >= 15 is 0 Å². The van der Waals surface area contributed by atoms with Crippen molar-refractivity contribution in [2.45, 2.75) is 6.92 Å². The number of allylic oxidation sites excluding steroid dienone is 2. The first-order chi connectivity index (χ1) is 6.15. The van der Waals surface area contributed by atoms with Gasteiger partial charge < -0.3 is 10.5 Å². The van der Waals surface area contributed by atoms with Crippen LogP contribution in [0.5, 0.6) is 0 Å². The molecule has 0 unspecified atom stereocenters. The van der Waals surface area contributed by atoms with Crippen LogP contribution in [-0.2, 0) is 9.53 Å². The summed E-state index contributed by atoms with van der Waals surface area (Å²) in [5, 5.41) is 0. The van der Waals surface area contributed by atoms with Crippen molar-refractivity contribution in [2.75, 3.05) is 13.7 Å². The minimum atomic E-state index is -0.336. The zero-order valence-corrected chi connectivity index (χ0v) is 8.04. The summed E-state index contributed by atoms with van der Waals surface area (Å²) in [5.41, 5.74) is 6.81. The van der Waals surface area contributed by atoms with Crippen molar-refractivity contribution in [2.24, 2.45) is 5.73 Å². The molecule has 0 aromatic rings. The van der Waals surface area contributed by atoms with Crippen molar-refractivity contribution >= 4 is 5.97 Å². The fourth-order valence-corrected chi connectivity index (χ4v) is 0.680. The lowest BCUT2D eigenvalue weighted by Gasteiger charge is -1.97. The third-order valence-corrected chi connectivity index (χ3v) is 1.55. The van der Waals surface area contributed by atoms with E-state index in [1.807, 2.05) is 0 Å². The standard InChI is InChI=1S/C10H15NO2/c1-4-9(7-11)6-5-8(2)10(12)13-3/h4-6H,1,7,11H2,2-3H3/b8-5+,9-6+. The van der Waals surface area contributed by atoms with Gasteiger partial charge in [0.25, 0.3) is 0 Å². The highest BCUT2D eigenvalue weighted by Crippen LogP contribution is 1.99. The molecule has 0 fully saturated rings. The molecule has 0 aromatic carbocycles. The van der Waals surface area contributed by atoms with Crippen LogP contribution < -0.4 is 5.73 Å². The van der Waals surface area contributed by atoms with E-state index in [0.717, 1.165) is 5.57 Å². The number of carbonyl (C=O) groups is 1. The van der Waals surface area contributed by atoms with E-state index in [0.29, 0.717) is 12.1 Å². The second-order valence-electron chi connectivity index (χ2n) is 2.49. The molecule has 0 saturated carbocycles. The molecule has 0 aliphatic carbocycles. The van der Waals surface area contributed by atoms with Crippen molar-refractivity contribution in [3.8, 4) is 0 Å². The zero-order valence-electron chi connectivity index (χ0n) is 8.04. The predicted molar refractivity (Wildman–Crippen MR) is 53.1 cm³/mol. The van der Waals surface area contributed by atoms with Gasteiger partial charge in [-0.05, 0) is 12.5 Å². The summed E-state index contributed by atoms with van der Waals surface area (Å²) in [5.74, 6) is -0.336. The van der Waals surface area contributed by atoms with Crippen LogP contribution in [0.15, 0.2) is 36.0 Å². The number of carbonyl (C=O) groups excluding carboxylic acids is 1. The quantitative estimate of drug-likeness (QED) is 0.402. The van der Waals surface area contributed by atoms with Gasteiger partial charge in [0.2, 0.25) is 0 Å². The largest absolute Gasteiger partial charge is 0.466 e. The van der Waals surface area contributed by atoms with Gasteiger partial charge in [-0.25, -0.2) is 4.79 Å². The Bertz CT molecular complexity index is 252. The highest BCUT2D eigenvalue weighted by Gasteiger charge is 2.00. The first kappa shape index (κ1) is 11.6. The minimum absolute atomic E-state index is 0.336. The molecular weight excluding hydrogens is 166 g/mol. The molecule has 0 spiro atoms. The Hall–Kier alpha value is -1.35. The molecule has 0 saturated heterocycles. The zero-order chi connectivity index (χ0) is 10.3. The molecule has 0 heterocycles. The van der Waals surface area contributed by atoms with Crippen molar-refractivity contribution < 1.29 is 9.53 Å². The molecule has 0 radical (unpaired) electrons. The first-order valence-corrected chi connectivity index (χ1v) is 3.94. The van der Waals surface area contributed by atoms with Crippen LogP contribution in [0.1, 0.15) is 6.92 Å².